The third-order valence-electron chi connectivity index (χ3n) is 3.11. The number of rotatable bonds is 5. The lowest BCUT2D eigenvalue weighted by Crippen LogP contribution is -2.16. The second kappa shape index (κ2) is 6.12. The van der Waals surface area contributed by atoms with Gasteiger partial charge in [0.1, 0.15) is 10.8 Å². The highest BCUT2D eigenvalue weighted by Crippen LogP contribution is 2.34. The SMILES string of the molecule is Fc1ccc(Sc2ncccc2Cl)c(CNC2CC2)c1. The number of halogens is 2. The van der Waals surface area contributed by atoms with Gasteiger partial charge in [-0.3, -0.25) is 0 Å². The van der Waals surface area contributed by atoms with Gasteiger partial charge >= 0.3 is 0 Å². The van der Waals surface area contributed by atoms with Crippen LogP contribution in [0, 0.1) is 5.82 Å². The first-order valence-electron chi connectivity index (χ1n) is 6.52. The standard InChI is InChI=1S/C15H14ClFN2S/c16-13-2-1-7-18-15(13)20-14-6-3-11(17)8-10(14)9-19-12-4-5-12/h1-3,6-8,12,19H,4-5,9H2. The lowest BCUT2D eigenvalue weighted by Gasteiger charge is -2.10. The predicted molar refractivity (Wildman–Crippen MR) is 79.6 cm³/mol. The Morgan fingerprint density at radius 3 is 2.95 bits per heavy atom. The molecule has 1 aromatic heterocycles. The van der Waals surface area contributed by atoms with E-state index < -0.39 is 0 Å². The topological polar surface area (TPSA) is 24.9 Å². The number of hydrogen-bond acceptors (Lipinski definition) is 3. The largest absolute Gasteiger partial charge is 0.310 e. The van der Waals surface area contributed by atoms with E-state index >= 15 is 0 Å². The molecule has 0 spiro atoms. The molecule has 0 radical (unpaired) electrons. The van der Waals surface area contributed by atoms with E-state index in [2.05, 4.69) is 10.3 Å². The molecule has 0 bridgehead atoms. The van der Waals surface area contributed by atoms with Crippen LogP contribution in [0.2, 0.25) is 5.02 Å². The maximum atomic E-state index is 13.4. The van der Waals surface area contributed by atoms with Crippen molar-refractivity contribution in [3.8, 4) is 0 Å². The number of aromatic nitrogens is 1. The second-order valence-electron chi connectivity index (χ2n) is 4.80. The molecule has 2 aromatic rings. The van der Waals surface area contributed by atoms with Crippen LogP contribution in [0.15, 0.2) is 46.5 Å². The zero-order valence-electron chi connectivity index (χ0n) is 10.8. The molecule has 0 amide bonds. The molecule has 1 saturated carbocycles. The first kappa shape index (κ1) is 13.9. The van der Waals surface area contributed by atoms with Gasteiger partial charge in [-0.25, -0.2) is 9.37 Å². The predicted octanol–water partition coefficient (Wildman–Crippen LogP) is 4.28. The van der Waals surface area contributed by atoms with E-state index in [0.717, 1.165) is 15.5 Å². The third-order valence-corrected chi connectivity index (χ3v) is 4.67. The van der Waals surface area contributed by atoms with Crippen LogP contribution >= 0.6 is 23.4 Å². The van der Waals surface area contributed by atoms with E-state index in [1.807, 2.05) is 6.07 Å². The normalized spacial score (nSPS) is 14.5. The zero-order valence-corrected chi connectivity index (χ0v) is 12.3. The summed E-state index contributed by atoms with van der Waals surface area (Å²) in [5.41, 5.74) is 0.948. The molecule has 20 heavy (non-hydrogen) atoms. The molecule has 2 nitrogen and oxygen atoms in total. The van der Waals surface area contributed by atoms with Gasteiger partial charge in [0.15, 0.2) is 0 Å². The van der Waals surface area contributed by atoms with Gasteiger partial charge in [-0.15, -0.1) is 0 Å². The summed E-state index contributed by atoms with van der Waals surface area (Å²) in [6, 6.07) is 9.04. The summed E-state index contributed by atoms with van der Waals surface area (Å²) in [5.74, 6) is -0.214. The minimum absolute atomic E-state index is 0.214. The number of benzene rings is 1. The van der Waals surface area contributed by atoms with E-state index in [9.17, 15) is 4.39 Å². The Hall–Kier alpha value is -1.10. The Labute approximate surface area is 126 Å². The Bertz CT molecular complexity index is 617. The average molecular weight is 309 g/mol. The Morgan fingerprint density at radius 2 is 2.20 bits per heavy atom. The fourth-order valence-corrected chi connectivity index (χ4v) is 3.00. The fourth-order valence-electron chi connectivity index (χ4n) is 1.88. The van der Waals surface area contributed by atoms with Crippen LogP contribution in [-0.4, -0.2) is 11.0 Å². The van der Waals surface area contributed by atoms with Gasteiger partial charge in [0.25, 0.3) is 0 Å². The number of pyridine rings is 1. The van der Waals surface area contributed by atoms with E-state index in [1.54, 1.807) is 24.4 Å². The van der Waals surface area contributed by atoms with Crippen LogP contribution in [0.4, 0.5) is 4.39 Å². The molecule has 0 aliphatic heterocycles. The van der Waals surface area contributed by atoms with E-state index in [4.69, 9.17) is 11.6 Å². The van der Waals surface area contributed by atoms with Crippen LogP contribution in [-0.2, 0) is 6.54 Å². The molecule has 104 valence electrons. The first-order chi connectivity index (χ1) is 9.72. The maximum Gasteiger partial charge on any atom is 0.123 e. The number of nitrogens with one attached hydrogen (secondary N) is 1. The Morgan fingerprint density at radius 1 is 1.35 bits per heavy atom. The molecule has 1 N–H and O–H groups in total. The monoisotopic (exact) mass is 308 g/mol. The van der Waals surface area contributed by atoms with Gasteiger partial charge in [-0.1, -0.05) is 23.4 Å². The number of hydrogen-bond donors (Lipinski definition) is 1. The van der Waals surface area contributed by atoms with E-state index in [0.29, 0.717) is 17.6 Å². The molecule has 1 aliphatic carbocycles. The van der Waals surface area contributed by atoms with Crippen molar-refractivity contribution in [1.29, 1.82) is 0 Å². The molecule has 0 saturated heterocycles. The van der Waals surface area contributed by atoms with Crippen molar-refractivity contribution in [3.05, 3.63) is 52.9 Å². The quantitative estimate of drug-likeness (QED) is 0.892. The highest BCUT2D eigenvalue weighted by Gasteiger charge is 2.20. The third kappa shape index (κ3) is 3.51. The summed E-state index contributed by atoms with van der Waals surface area (Å²) in [4.78, 5) is 5.25. The maximum absolute atomic E-state index is 13.4. The van der Waals surface area contributed by atoms with E-state index in [1.165, 1.54) is 30.7 Å². The molecular weight excluding hydrogens is 295 g/mol. The van der Waals surface area contributed by atoms with Gasteiger partial charge in [-0.05, 0) is 48.7 Å². The molecule has 0 unspecified atom stereocenters. The zero-order chi connectivity index (χ0) is 13.9. The molecule has 3 rings (SSSR count). The van der Waals surface area contributed by atoms with Gasteiger partial charge in [0, 0.05) is 23.7 Å². The van der Waals surface area contributed by atoms with Crippen LogP contribution in [0.25, 0.3) is 0 Å². The Balaban J connectivity index is 1.82. The van der Waals surface area contributed by atoms with Crippen LogP contribution in [0.3, 0.4) is 0 Å². The van der Waals surface area contributed by atoms with Gasteiger partial charge < -0.3 is 5.32 Å². The molecule has 1 heterocycles. The van der Waals surface area contributed by atoms with E-state index in [-0.39, 0.29) is 5.82 Å². The van der Waals surface area contributed by atoms with Gasteiger partial charge in [0.05, 0.1) is 5.02 Å². The average Bonchev–Trinajstić information content (AvgIpc) is 3.25. The van der Waals surface area contributed by atoms with Crippen LogP contribution in [0.1, 0.15) is 18.4 Å². The smallest absolute Gasteiger partial charge is 0.123 e. The summed E-state index contributed by atoms with van der Waals surface area (Å²) in [7, 11) is 0. The highest BCUT2D eigenvalue weighted by atomic mass is 35.5. The lowest BCUT2D eigenvalue weighted by molar-refractivity contribution is 0.616. The highest BCUT2D eigenvalue weighted by molar-refractivity contribution is 7.99. The van der Waals surface area contributed by atoms with Crippen molar-refractivity contribution in [2.24, 2.45) is 0 Å². The van der Waals surface area contributed by atoms with Gasteiger partial charge in [-0.2, -0.15) is 0 Å². The van der Waals surface area contributed by atoms with Crippen molar-refractivity contribution in [2.75, 3.05) is 0 Å². The summed E-state index contributed by atoms with van der Waals surface area (Å²) in [6.45, 7) is 0.676. The summed E-state index contributed by atoms with van der Waals surface area (Å²) in [5, 5.41) is 4.77. The van der Waals surface area contributed by atoms with Crippen molar-refractivity contribution in [2.45, 2.75) is 35.3 Å². The van der Waals surface area contributed by atoms with Crippen molar-refractivity contribution < 1.29 is 4.39 Å². The summed E-state index contributed by atoms with van der Waals surface area (Å²) < 4.78 is 13.4. The molecular formula is C15H14ClFN2S. The van der Waals surface area contributed by atoms with Crippen LogP contribution in [0.5, 0.6) is 0 Å². The van der Waals surface area contributed by atoms with Crippen LogP contribution < -0.4 is 5.32 Å². The molecule has 1 fully saturated rings. The minimum Gasteiger partial charge on any atom is -0.310 e. The molecule has 1 aromatic carbocycles. The van der Waals surface area contributed by atoms with Gasteiger partial charge in [0.2, 0.25) is 0 Å². The summed E-state index contributed by atoms with van der Waals surface area (Å²) in [6.07, 6.45) is 4.13. The second-order valence-corrected chi connectivity index (χ2v) is 6.24. The Kier molecular flexibility index (Phi) is 4.24. The van der Waals surface area contributed by atoms with Crippen molar-refractivity contribution >= 4 is 23.4 Å². The van der Waals surface area contributed by atoms with Crippen molar-refractivity contribution in [3.63, 3.8) is 0 Å². The number of nitrogens with zero attached hydrogens (tertiary/aromatic N) is 1. The summed E-state index contributed by atoms with van der Waals surface area (Å²) >= 11 is 7.59. The molecule has 1 aliphatic rings. The fraction of sp³-hybridized carbons (Fsp3) is 0.267. The first-order valence-corrected chi connectivity index (χ1v) is 7.72. The molecule has 0 atom stereocenters. The molecule has 5 heteroatoms. The minimum atomic E-state index is -0.214. The lowest BCUT2D eigenvalue weighted by atomic mass is 10.2. The van der Waals surface area contributed by atoms with Crippen molar-refractivity contribution in [1.82, 2.24) is 10.3 Å².